The molecule has 0 atom stereocenters. The molecule has 0 unspecified atom stereocenters. The number of tetrazole rings is 1. The van der Waals surface area contributed by atoms with Gasteiger partial charge in [-0.25, -0.2) is 0 Å². The lowest BCUT2D eigenvalue weighted by molar-refractivity contribution is 0.356. The molecule has 2 aromatic carbocycles. The van der Waals surface area contributed by atoms with Crippen molar-refractivity contribution < 1.29 is 14.0 Å². The minimum atomic E-state index is 0.214. The summed E-state index contributed by atoms with van der Waals surface area (Å²) in [5.41, 5.74) is 1.59. The Morgan fingerprint density at radius 3 is 2.63 bits per heavy atom. The zero-order valence-electron chi connectivity index (χ0n) is 14.7. The largest absolute Gasteiger partial charge is 0.497 e. The topological polar surface area (TPSA) is 101 Å². The normalized spacial score (nSPS) is 10.7. The fraction of sp³-hybridized carbons (Fsp3) is 0.167. The summed E-state index contributed by atoms with van der Waals surface area (Å²) in [6, 6.07) is 15.0. The molecule has 2 heterocycles. The molecule has 0 N–H and O–H groups in total. The zero-order valence-corrected chi connectivity index (χ0v) is 14.7. The number of nitrogens with zero attached hydrogens (tertiary/aromatic N) is 6. The van der Waals surface area contributed by atoms with Crippen LogP contribution in [0.15, 0.2) is 53.1 Å². The van der Waals surface area contributed by atoms with Gasteiger partial charge < -0.3 is 14.0 Å². The number of methoxy groups -OCH3 is 2. The average Bonchev–Trinajstić information content (AvgIpc) is 3.38. The standard InChI is InChI=1S/C18H16N6O3/c1-25-13-8-9-14(15(10-13)26-2)18-19-16(27-22-18)11-24-21-17(20-23-24)12-6-4-3-5-7-12/h3-10H,11H2,1-2H3. The summed E-state index contributed by atoms with van der Waals surface area (Å²) in [6.45, 7) is 0.214. The van der Waals surface area contributed by atoms with Crippen molar-refractivity contribution >= 4 is 0 Å². The van der Waals surface area contributed by atoms with Crippen molar-refractivity contribution in [2.45, 2.75) is 6.54 Å². The van der Waals surface area contributed by atoms with Crippen LogP contribution in [0, 0.1) is 0 Å². The summed E-state index contributed by atoms with van der Waals surface area (Å²) in [5, 5.41) is 16.4. The van der Waals surface area contributed by atoms with Gasteiger partial charge in [0.2, 0.25) is 11.6 Å². The predicted octanol–water partition coefficient (Wildman–Crippen LogP) is 2.46. The Kier molecular flexibility index (Phi) is 4.48. The Hall–Kier alpha value is -3.75. The first-order valence-corrected chi connectivity index (χ1v) is 8.15. The van der Waals surface area contributed by atoms with E-state index in [4.69, 9.17) is 14.0 Å². The molecule has 9 nitrogen and oxygen atoms in total. The third kappa shape index (κ3) is 3.47. The van der Waals surface area contributed by atoms with Crippen LogP contribution >= 0.6 is 0 Å². The Labute approximate surface area is 154 Å². The first kappa shape index (κ1) is 16.7. The minimum Gasteiger partial charge on any atom is -0.497 e. The molecule has 0 saturated carbocycles. The molecule has 0 fully saturated rings. The third-order valence-corrected chi connectivity index (χ3v) is 3.88. The van der Waals surface area contributed by atoms with Crippen LogP contribution in [-0.4, -0.2) is 44.6 Å². The second kappa shape index (κ2) is 7.24. The van der Waals surface area contributed by atoms with E-state index in [9.17, 15) is 0 Å². The molecule has 27 heavy (non-hydrogen) atoms. The number of rotatable bonds is 6. The van der Waals surface area contributed by atoms with Crippen LogP contribution in [-0.2, 0) is 6.54 Å². The van der Waals surface area contributed by atoms with Crippen molar-refractivity contribution in [3.05, 3.63) is 54.4 Å². The van der Waals surface area contributed by atoms with Gasteiger partial charge in [0.1, 0.15) is 18.0 Å². The monoisotopic (exact) mass is 364 g/mol. The van der Waals surface area contributed by atoms with E-state index in [-0.39, 0.29) is 6.54 Å². The molecule has 0 aliphatic heterocycles. The van der Waals surface area contributed by atoms with Gasteiger partial charge in [0.05, 0.1) is 19.8 Å². The third-order valence-electron chi connectivity index (χ3n) is 3.88. The minimum absolute atomic E-state index is 0.214. The van der Waals surface area contributed by atoms with Crippen molar-refractivity contribution in [3.63, 3.8) is 0 Å². The van der Waals surface area contributed by atoms with Crippen molar-refractivity contribution in [3.8, 4) is 34.3 Å². The smallest absolute Gasteiger partial charge is 0.250 e. The van der Waals surface area contributed by atoms with Gasteiger partial charge in [-0.05, 0) is 17.3 Å². The molecule has 2 aromatic heterocycles. The van der Waals surface area contributed by atoms with Gasteiger partial charge in [-0.3, -0.25) is 0 Å². The van der Waals surface area contributed by atoms with Crippen molar-refractivity contribution in [1.29, 1.82) is 0 Å². The summed E-state index contributed by atoms with van der Waals surface area (Å²) in [4.78, 5) is 5.80. The highest BCUT2D eigenvalue weighted by atomic mass is 16.5. The highest BCUT2D eigenvalue weighted by molar-refractivity contribution is 5.65. The van der Waals surface area contributed by atoms with E-state index in [1.165, 1.54) is 4.80 Å². The quantitative estimate of drug-likeness (QED) is 0.514. The fourth-order valence-corrected chi connectivity index (χ4v) is 2.55. The Morgan fingerprint density at radius 1 is 1.00 bits per heavy atom. The maximum atomic E-state index is 5.38. The molecule has 0 aliphatic carbocycles. The summed E-state index contributed by atoms with van der Waals surface area (Å²) < 4.78 is 15.9. The van der Waals surface area contributed by atoms with Crippen LogP contribution in [0.5, 0.6) is 11.5 Å². The van der Waals surface area contributed by atoms with Gasteiger partial charge in [-0.1, -0.05) is 35.5 Å². The molecule has 136 valence electrons. The SMILES string of the molecule is COc1ccc(-c2noc(Cn3nnc(-c4ccccc4)n3)n2)c(OC)c1. The van der Waals surface area contributed by atoms with Crippen LogP contribution in [0.4, 0.5) is 0 Å². The van der Waals surface area contributed by atoms with Gasteiger partial charge in [-0.15, -0.1) is 10.2 Å². The second-order valence-corrected chi connectivity index (χ2v) is 5.59. The van der Waals surface area contributed by atoms with E-state index in [0.29, 0.717) is 34.6 Å². The molecule has 0 radical (unpaired) electrons. The van der Waals surface area contributed by atoms with Crippen LogP contribution < -0.4 is 9.47 Å². The zero-order chi connectivity index (χ0) is 18.6. The summed E-state index contributed by atoms with van der Waals surface area (Å²) in [6.07, 6.45) is 0. The maximum Gasteiger partial charge on any atom is 0.250 e. The van der Waals surface area contributed by atoms with Crippen LogP contribution in [0.25, 0.3) is 22.8 Å². The molecule has 0 spiro atoms. The lowest BCUT2D eigenvalue weighted by Gasteiger charge is -2.07. The van der Waals surface area contributed by atoms with E-state index >= 15 is 0 Å². The van der Waals surface area contributed by atoms with E-state index in [0.717, 1.165) is 5.56 Å². The summed E-state index contributed by atoms with van der Waals surface area (Å²) in [7, 11) is 3.17. The second-order valence-electron chi connectivity index (χ2n) is 5.59. The molecular formula is C18H16N6O3. The molecule has 0 amide bonds. The molecule has 0 bridgehead atoms. The number of benzene rings is 2. The fourth-order valence-electron chi connectivity index (χ4n) is 2.55. The summed E-state index contributed by atoms with van der Waals surface area (Å²) in [5.74, 6) is 2.58. The Balaban J connectivity index is 1.55. The lowest BCUT2D eigenvalue weighted by atomic mass is 10.2. The lowest BCUT2D eigenvalue weighted by Crippen LogP contribution is -2.04. The van der Waals surface area contributed by atoms with Gasteiger partial charge in [-0.2, -0.15) is 9.78 Å². The van der Waals surface area contributed by atoms with E-state index in [1.807, 2.05) is 36.4 Å². The molecule has 9 heteroatoms. The highest BCUT2D eigenvalue weighted by Gasteiger charge is 2.15. The van der Waals surface area contributed by atoms with E-state index in [2.05, 4.69) is 25.6 Å². The molecular weight excluding hydrogens is 348 g/mol. The van der Waals surface area contributed by atoms with Gasteiger partial charge in [0, 0.05) is 11.6 Å². The van der Waals surface area contributed by atoms with Crippen molar-refractivity contribution in [2.24, 2.45) is 0 Å². The van der Waals surface area contributed by atoms with Crippen molar-refractivity contribution in [2.75, 3.05) is 14.2 Å². The first-order valence-electron chi connectivity index (χ1n) is 8.15. The van der Waals surface area contributed by atoms with Gasteiger partial charge in [0.15, 0.2) is 0 Å². The first-order chi connectivity index (χ1) is 13.3. The van der Waals surface area contributed by atoms with Crippen LogP contribution in [0.2, 0.25) is 0 Å². The molecule has 4 rings (SSSR count). The number of aromatic nitrogens is 6. The average molecular weight is 364 g/mol. The predicted molar refractivity (Wildman–Crippen MR) is 95.2 cm³/mol. The van der Waals surface area contributed by atoms with Crippen molar-refractivity contribution in [1.82, 2.24) is 30.3 Å². The molecule has 4 aromatic rings. The van der Waals surface area contributed by atoms with E-state index < -0.39 is 0 Å². The molecule has 0 aliphatic rings. The van der Waals surface area contributed by atoms with Crippen LogP contribution in [0.1, 0.15) is 5.89 Å². The van der Waals surface area contributed by atoms with Gasteiger partial charge >= 0.3 is 0 Å². The number of hydrogen-bond acceptors (Lipinski definition) is 8. The Bertz CT molecular complexity index is 1040. The maximum absolute atomic E-state index is 5.38. The highest BCUT2D eigenvalue weighted by Crippen LogP contribution is 2.31. The summed E-state index contributed by atoms with van der Waals surface area (Å²) >= 11 is 0. The van der Waals surface area contributed by atoms with Crippen LogP contribution in [0.3, 0.4) is 0 Å². The van der Waals surface area contributed by atoms with E-state index in [1.54, 1.807) is 26.4 Å². The van der Waals surface area contributed by atoms with Gasteiger partial charge in [0.25, 0.3) is 5.89 Å². The number of ether oxygens (including phenoxy) is 2. The molecule has 0 saturated heterocycles. The number of hydrogen-bond donors (Lipinski definition) is 0. The Morgan fingerprint density at radius 2 is 1.85 bits per heavy atom.